The second-order valence-corrected chi connectivity index (χ2v) is 15.3. The summed E-state index contributed by atoms with van der Waals surface area (Å²) in [5.41, 5.74) is 12.5. The SMILES string of the molecule is CCC1(CC)c2ccccc2-c2ccc(-c3c4ccccc4c(-c4ccc5ccc6cc(CC(C)C)cc7ccc4c5c67)c4ccccc34)cc21. The maximum Gasteiger partial charge on any atom is 0.0210 e. The van der Waals surface area contributed by atoms with Crippen molar-refractivity contribution in [2.45, 2.75) is 52.4 Å². The lowest BCUT2D eigenvalue weighted by atomic mass is 9.73. The van der Waals surface area contributed by atoms with E-state index in [4.69, 9.17) is 0 Å². The molecule has 0 nitrogen and oxygen atoms in total. The predicted octanol–water partition coefficient (Wildman–Crippen LogP) is 14.5. The van der Waals surface area contributed by atoms with Gasteiger partial charge in [0.2, 0.25) is 0 Å². The van der Waals surface area contributed by atoms with Crippen molar-refractivity contribution < 1.29 is 0 Å². The largest absolute Gasteiger partial charge is 0.0642 e. The maximum absolute atomic E-state index is 2.54. The van der Waals surface area contributed by atoms with Gasteiger partial charge in [0.25, 0.3) is 0 Å². The molecule has 0 spiro atoms. The Kier molecular flexibility index (Phi) is 6.71. The van der Waals surface area contributed by atoms with Crippen LogP contribution in [-0.4, -0.2) is 0 Å². The molecule has 0 saturated heterocycles. The van der Waals surface area contributed by atoms with Crippen molar-refractivity contribution in [3.8, 4) is 33.4 Å². The van der Waals surface area contributed by atoms with E-state index < -0.39 is 0 Å². The van der Waals surface area contributed by atoms with Gasteiger partial charge in [-0.15, -0.1) is 0 Å². The van der Waals surface area contributed by atoms with Gasteiger partial charge in [-0.1, -0.05) is 161 Å². The Hall–Kier alpha value is -5.46. The normalized spacial score (nSPS) is 13.7. The van der Waals surface area contributed by atoms with Crippen molar-refractivity contribution in [1.82, 2.24) is 0 Å². The van der Waals surface area contributed by atoms with Gasteiger partial charge in [0.15, 0.2) is 0 Å². The van der Waals surface area contributed by atoms with Crippen LogP contribution in [0.3, 0.4) is 0 Å². The second-order valence-electron chi connectivity index (χ2n) is 15.3. The Morgan fingerprint density at radius 2 is 1.00 bits per heavy atom. The van der Waals surface area contributed by atoms with E-state index in [0.29, 0.717) is 5.92 Å². The van der Waals surface area contributed by atoms with E-state index in [1.165, 1.54) is 104 Å². The van der Waals surface area contributed by atoms with Gasteiger partial charge in [0.05, 0.1) is 0 Å². The molecule has 0 saturated carbocycles. The minimum absolute atomic E-state index is 0.0325. The highest BCUT2D eigenvalue weighted by atomic mass is 14.4. The van der Waals surface area contributed by atoms with Crippen LogP contribution in [0.25, 0.3) is 87.2 Å². The minimum atomic E-state index is 0.0325. The number of hydrogen-bond acceptors (Lipinski definition) is 0. The summed E-state index contributed by atoms with van der Waals surface area (Å²) < 4.78 is 0. The quantitative estimate of drug-likeness (QED) is 0.124. The molecule has 1 aliphatic rings. The molecular formula is C51H42. The first-order chi connectivity index (χ1) is 25.0. The molecule has 0 bridgehead atoms. The summed E-state index contributed by atoms with van der Waals surface area (Å²) in [6, 6.07) is 53.7. The molecule has 0 radical (unpaired) electrons. The van der Waals surface area contributed by atoms with Crippen LogP contribution < -0.4 is 0 Å². The van der Waals surface area contributed by atoms with Crippen LogP contribution in [0, 0.1) is 5.92 Å². The first kappa shape index (κ1) is 30.4. The van der Waals surface area contributed by atoms with Gasteiger partial charge in [-0.2, -0.15) is 0 Å². The van der Waals surface area contributed by atoms with E-state index in [1.54, 1.807) is 0 Å². The van der Waals surface area contributed by atoms with Crippen LogP contribution in [-0.2, 0) is 11.8 Å². The Morgan fingerprint density at radius 3 is 1.67 bits per heavy atom. The first-order valence-corrected chi connectivity index (χ1v) is 18.9. The van der Waals surface area contributed by atoms with Crippen LogP contribution in [0.15, 0.2) is 140 Å². The highest BCUT2D eigenvalue weighted by Crippen LogP contribution is 2.54. The van der Waals surface area contributed by atoms with Crippen molar-refractivity contribution >= 4 is 53.9 Å². The van der Waals surface area contributed by atoms with Gasteiger partial charge in [-0.25, -0.2) is 0 Å². The fraction of sp³-hybridized carbons (Fsp3) is 0.176. The van der Waals surface area contributed by atoms with Crippen LogP contribution >= 0.6 is 0 Å². The monoisotopic (exact) mass is 654 g/mol. The first-order valence-electron chi connectivity index (χ1n) is 18.9. The van der Waals surface area contributed by atoms with Gasteiger partial charge in [0, 0.05) is 5.41 Å². The zero-order valence-electron chi connectivity index (χ0n) is 30.0. The summed E-state index contributed by atoms with van der Waals surface area (Å²) in [5, 5.41) is 13.3. The highest BCUT2D eigenvalue weighted by molar-refractivity contribution is 6.29. The van der Waals surface area contributed by atoms with Gasteiger partial charge in [-0.05, 0) is 135 Å². The standard InChI is InChI=1S/C51H42/c1-5-51(6-2)45-18-12-11-13-37(45)38-24-22-36(30-46(38)51)48-39-14-7-9-16-41(39)50(42-17-10-8-15-40(42)48)44-25-21-33-19-20-34-28-32(27-31(3)4)29-35-23-26-43(44)49(33)47(34)35/h7-26,28-31H,5-6,27H2,1-4H3. The fourth-order valence-electron chi connectivity index (χ4n) is 10.0. The van der Waals surface area contributed by atoms with Crippen LogP contribution in [0.2, 0.25) is 0 Å². The molecule has 246 valence electrons. The third kappa shape index (κ3) is 4.26. The Morgan fingerprint density at radius 1 is 0.451 bits per heavy atom. The molecule has 0 heteroatoms. The van der Waals surface area contributed by atoms with Crippen molar-refractivity contribution in [2.75, 3.05) is 0 Å². The summed E-state index contributed by atoms with van der Waals surface area (Å²) >= 11 is 0. The summed E-state index contributed by atoms with van der Waals surface area (Å²) in [4.78, 5) is 0. The third-order valence-electron chi connectivity index (χ3n) is 12.3. The van der Waals surface area contributed by atoms with E-state index in [0.717, 1.165) is 19.3 Å². The molecule has 9 aromatic rings. The molecule has 0 N–H and O–H groups in total. The number of hydrogen-bond donors (Lipinski definition) is 0. The van der Waals surface area contributed by atoms with Crippen molar-refractivity contribution in [3.05, 3.63) is 156 Å². The molecule has 1 aliphatic carbocycles. The average Bonchev–Trinajstić information content (AvgIpc) is 3.44. The van der Waals surface area contributed by atoms with E-state index in [9.17, 15) is 0 Å². The van der Waals surface area contributed by atoms with E-state index in [1.807, 2.05) is 0 Å². The average molecular weight is 655 g/mol. The molecule has 0 amide bonds. The fourth-order valence-corrected chi connectivity index (χ4v) is 10.0. The molecule has 0 fully saturated rings. The summed E-state index contributed by atoms with van der Waals surface area (Å²) in [7, 11) is 0. The Bertz CT molecular complexity index is 2750. The summed E-state index contributed by atoms with van der Waals surface area (Å²) in [6.07, 6.45) is 3.28. The van der Waals surface area contributed by atoms with Crippen molar-refractivity contribution in [3.63, 3.8) is 0 Å². The predicted molar refractivity (Wildman–Crippen MR) is 221 cm³/mol. The third-order valence-corrected chi connectivity index (χ3v) is 12.3. The zero-order chi connectivity index (χ0) is 34.4. The molecular weight excluding hydrogens is 613 g/mol. The molecule has 0 aliphatic heterocycles. The lowest BCUT2D eigenvalue weighted by Crippen LogP contribution is -2.23. The highest BCUT2D eigenvalue weighted by Gasteiger charge is 2.40. The van der Waals surface area contributed by atoms with E-state index in [2.05, 4.69) is 167 Å². The Labute approximate surface area is 300 Å². The molecule has 0 unspecified atom stereocenters. The van der Waals surface area contributed by atoms with E-state index in [-0.39, 0.29) is 5.41 Å². The van der Waals surface area contributed by atoms with Gasteiger partial charge in [-0.3, -0.25) is 0 Å². The van der Waals surface area contributed by atoms with Crippen molar-refractivity contribution in [1.29, 1.82) is 0 Å². The molecule has 9 aromatic carbocycles. The Balaban J connectivity index is 1.25. The van der Waals surface area contributed by atoms with Gasteiger partial charge >= 0.3 is 0 Å². The van der Waals surface area contributed by atoms with E-state index >= 15 is 0 Å². The van der Waals surface area contributed by atoms with Crippen LogP contribution in [0.4, 0.5) is 0 Å². The maximum atomic E-state index is 2.54. The number of fused-ring (bicyclic) bond motifs is 5. The zero-order valence-corrected chi connectivity index (χ0v) is 30.0. The van der Waals surface area contributed by atoms with Crippen molar-refractivity contribution in [2.24, 2.45) is 5.92 Å². The topological polar surface area (TPSA) is 0 Å². The smallest absolute Gasteiger partial charge is 0.0210 e. The summed E-state index contributed by atoms with van der Waals surface area (Å²) in [5.74, 6) is 0.628. The van der Waals surface area contributed by atoms with Gasteiger partial charge in [0.1, 0.15) is 0 Å². The van der Waals surface area contributed by atoms with Crippen LogP contribution in [0.5, 0.6) is 0 Å². The number of rotatable bonds is 6. The minimum Gasteiger partial charge on any atom is -0.0642 e. The molecule has 10 rings (SSSR count). The summed E-state index contributed by atoms with van der Waals surface area (Å²) in [6.45, 7) is 9.35. The lowest BCUT2D eigenvalue weighted by molar-refractivity contribution is 0.490. The number of benzene rings is 9. The van der Waals surface area contributed by atoms with Gasteiger partial charge < -0.3 is 0 Å². The molecule has 0 heterocycles. The second kappa shape index (κ2) is 11.3. The molecule has 51 heavy (non-hydrogen) atoms. The van der Waals surface area contributed by atoms with Crippen LogP contribution in [0.1, 0.15) is 57.2 Å². The molecule has 0 atom stereocenters. The lowest BCUT2D eigenvalue weighted by Gasteiger charge is -2.30. The molecule has 0 aromatic heterocycles.